The fourth-order valence-corrected chi connectivity index (χ4v) is 8.00. The highest BCUT2D eigenvalue weighted by molar-refractivity contribution is 5.88. The molecule has 0 aromatic heterocycles. The third-order valence-electron chi connectivity index (χ3n) is 11.2. The number of rotatable bonds is 16. The maximum absolute atomic E-state index is 12.2. The number of aryl methyl sites for hydroxylation is 3. The summed E-state index contributed by atoms with van der Waals surface area (Å²) in [5, 5.41) is 18.4. The number of carbonyl (C=O) groups excluding carboxylic acids is 2. The van der Waals surface area contributed by atoms with Gasteiger partial charge < -0.3 is 19.7 Å². The number of benzene rings is 2. The third kappa shape index (κ3) is 10.1. The molecule has 4 rings (SSSR count). The number of esters is 2. The quantitative estimate of drug-likeness (QED) is 0.107. The molecular formula is C42H58O6. The van der Waals surface area contributed by atoms with E-state index in [9.17, 15) is 19.8 Å². The van der Waals surface area contributed by atoms with Gasteiger partial charge in [-0.05, 0) is 135 Å². The van der Waals surface area contributed by atoms with Gasteiger partial charge in [0.25, 0.3) is 0 Å². The first-order chi connectivity index (χ1) is 23.1. The van der Waals surface area contributed by atoms with Gasteiger partial charge in [-0.2, -0.15) is 0 Å². The molecule has 0 amide bonds. The minimum Gasteiger partial charge on any atom is -0.462 e. The van der Waals surface area contributed by atoms with E-state index >= 15 is 0 Å². The Labute approximate surface area is 288 Å². The zero-order valence-electron chi connectivity index (χ0n) is 29.6. The molecule has 2 aromatic rings. The first kappa shape index (κ1) is 37.6. The lowest BCUT2D eigenvalue weighted by atomic mass is 9.67. The monoisotopic (exact) mass is 658 g/mol. The SMILES string of the molecule is C=C(CO)C(=O)OCC(COC(=O)C(=C)CO)C1CCC(C2CCC(c3ccc(-c4ccc(CCCCC)c(C)c4)c(C)c3)CC2)CC1. The zero-order chi connectivity index (χ0) is 34.6. The molecule has 0 radical (unpaired) electrons. The van der Waals surface area contributed by atoms with Crippen molar-refractivity contribution in [3.8, 4) is 11.1 Å². The highest BCUT2D eigenvalue weighted by Gasteiger charge is 2.35. The minimum atomic E-state index is -0.634. The second-order valence-electron chi connectivity index (χ2n) is 14.4. The number of aliphatic hydroxyl groups is 2. The van der Waals surface area contributed by atoms with Crippen LogP contribution in [-0.4, -0.2) is 48.6 Å². The van der Waals surface area contributed by atoms with Gasteiger partial charge in [-0.25, -0.2) is 9.59 Å². The highest BCUT2D eigenvalue weighted by atomic mass is 16.5. The average molecular weight is 659 g/mol. The summed E-state index contributed by atoms with van der Waals surface area (Å²) in [6.45, 7) is 13.1. The van der Waals surface area contributed by atoms with Crippen molar-refractivity contribution in [3.63, 3.8) is 0 Å². The topological polar surface area (TPSA) is 93.1 Å². The van der Waals surface area contributed by atoms with Crippen LogP contribution in [0.1, 0.15) is 106 Å². The summed E-state index contributed by atoms with van der Waals surface area (Å²) in [5.41, 5.74) is 8.38. The fourth-order valence-electron chi connectivity index (χ4n) is 8.00. The molecule has 6 nitrogen and oxygen atoms in total. The second-order valence-corrected chi connectivity index (χ2v) is 14.4. The van der Waals surface area contributed by atoms with Crippen molar-refractivity contribution in [3.05, 3.63) is 83.0 Å². The molecule has 2 fully saturated rings. The minimum absolute atomic E-state index is 0.00249. The Bertz CT molecular complexity index is 1360. The lowest BCUT2D eigenvalue weighted by Crippen LogP contribution is -2.33. The van der Waals surface area contributed by atoms with E-state index in [0.29, 0.717) is 11.8 Å². The molecular weight excluding hydrogens is 600 g/mol. The van der Waals surface area contributed by atoms with Crippen molar-refractivity contribution < 1.29 is 29.3 Å². The number of hydrogen-bond donors (Lipinski definition) is 2. The van der Waals surface area contributed by atoms with Crippen LogP contribution < -0.4 is 0 Å². The maximum atomic E-state index is 12.2. The van der Waals surface area contributed by atoms with Crippen LogP contribution >= 0.6 is 0 Å². The molecule has 0 heterocycles. The third-order valence-corrected chi connectivity index (χ3v) is 11.2. The van der Waals surface area contributed by atoms with Crippen molar-refractivity contribution in [2.45, 2.75) is 104 Å². The van der Waals surface area contributed by atoms with Crippen molar-refractivity contribution in [2.75, 3.05) is 26.4 Å². The van der Waals surface area contributed by atoms with Gasteiger partial charge in [-0.3, -0.25) is 0 Å². The molecule has 2 aliphatic rings. The molecule has 0 atom stereocenters. The molecule has 2 N–H and O–H groups in total. The first-order valence-electron chi connectivity index (χ1n) is 18.3. The van der Waals surface area contributed by atoms with Crippen LogP contribution in [-0.2, 0) is 25.5 Å². The summed E-state index contributed by atoms with van der Waals surface area (Å²) in [7, 11) is 0. The molecule has 0 spiro atoms. The Balaban J connectivity index is 1.29. The first-order valence-corrected chi connectivity index (χ1v) is 18.3. The molecule has 2 aromatic carbocycles. The number of unbranched alkanes of at least 4 members (excludes halogenated alkanes) is 2. The van der Waals surface area contributed by atoms with Gasteiger partial charge in [0.1, 0.15) is 0 Å². The van der Waals surface area contributed by atoms with E-state index in [-0.39, 0.29) is 36.2 Å². The van der Waals surface area contributed by atoms with Gasteiger partial charge >= 0.3 is 11.9 Å². The molecule has 48 heavy (non-hydrogen) atoms. The van der Waals surface area contributed by atoms with Crippen LogP contribution in [0.5, 0.6) is 0 Å². The summed E-state index contributed by atoms with van der Waals surface area (Å²) >= 11 is 0. The van der Waals surface area contributed by atoms with Gasteiger partial charge in [-0.15, -0.1) is 0 Å². The zero-order valence-corrected chi connectivity index (χ0v) is 29.6. The Hall–Kier alpha value is -3.22. The predicted octanol–water partition coefficient (Wildman–Crippen LogP) is 8.58. The van der Waals surface area contributed by atoms with E-state index in [1.165, 1.54) is 84.7 Å². The molecule has 0 bridgehead atoms. The number of aliphatic hydroxyl groups excluding tert-OH is 2. The summed E-state index contributed by atoms with van der Waals surface area (Å²) in [6, 6.07) is 14.1. The molecule has 2 saturated carbocycles. The Morgan fingerprint density at radius 1 is 0.771 bits per heavy atom. The van der Waals surface area contributed by atoms with Crippen LogP contribution in [0.2, 0.25) is 0 Å². The smallest absolute Gasteiger partial charge is 0.335 e. The standard InChI is InChI=1S/C42H58O6/c1-6-7-8-9-32-10-19-38(22-28(32)2)40-21-20-37(23-29(40)3)35-15-11-33(12-16-35)34-13-17-36(18-14-34)39(26-47-41(45)30(4)24-43)27-48-42(46)31(5)25-44/h10,19-23,33-36,39,43-44H,4-9,11-18,24-27H2,1-3H3. The number of ether oxygens (including phenoxy) is 2. The lowest BCUT2D eigenvalue weighted by molar-refractivity contribution is -0.146. The lowest BCUT2D eigenvalue weighted by Gasteiger charge is -2.39. The van der Waals surface area contributed by atoms with Crippen LogP contribution in [0.15, 0.2) is 60.7 Å². The van der Waals surface area contributed by atoms with Gasteiger partial charge in [-0.1, -0.05) is 69.3 Å². The van der Waals surface area contributed by atoms with E-state index in [2.05, 4.69) is 70.3 Å². The van der Waals surface area contributed by atoms with Crippen LogP contribution in [0.4, 0.5) is 0 Å². The summed E-state index contributed by atoms with van der Waals surface area (Å²) in [6.07, 6.45) is 14.2. The molecule has 0 aliphatic heterocycles. The maximum Gasteiger partial charge on any atom is 0.335 e. The number of carbonyl (C=O) groups is 2. The largest absolute Gasteiger partial charge is 0.462 e. The fraction of sp³-hybridized carbons (Fsp3) is 0.571. The molecule has 6 heteroatoms. The van der Waals surface area contributed by atoms with E-state index in [1.54, 1.807) is 0 Å². The van der Waals surface area contributed by atoms with E-state index in [1.807, 2.05) is 0 Å². The molecule has 262 valence electrons. The summed E-state index contributed by atoms with van der Waals surface area (Å²) < 4.78 is 10.9. The van der Waals surface area contributed by atoms with Gasteiger partial charge in [0.05, 0.1) is 37.6 Å². The van der Waals surface area contributed by atoms with Crippen LogP contribution in [0.3, 0.4) is 0 Å². The Morgan fingerprint density at radius 3 is 1.88 bits per heavy atom. The highest BCUT2D eigenvalue weighted by Crippen LogP contribution is 2.45. The van der Waals surface area contributed by atoms with E-state index in [0.717, 1.165) is 31.6 Å². The van der Waals surface area contributed by atoms with Crippen LogP contribution in [0.25, 0.3) is 11.1 Å². The average Bonchev–Trinajstić information content (AvgIpc) is 3.11. The number of hydrogen-bond acceptors (Lipinski definition) is 6. The normalized spacial score (nSPS) is 21.1. The molecule has 0 saturated heterocycles. The summed E-state index contributed by atoms with van der Waals surface area (Å²) in [4.78, 5) is 24.3. The van der Waals surface area contributed by atoms with Crippen molar-refractivity contribution in [1.82, 2.24) is 0 Å². The van der Waals surface area contributed by atoms with Gasteiger partial charge in [0.15, 0.2) is 0 Å². The Kier molecular flexibility index (Phi) is 14.5. The van der Waals surface area contributed by atoms with Gasteiger partial charge in [0, 0.05) is 5.92 Å². The van der Waals surface area contributed by atoms with E-state index < -0.39 is 25.2 Å². The van der Waals surface area contributed by atoms with Crippen molar-refractivity contribution in [1.29, 1.82) is 0 Å². The van der Waals surface area contributed by atoms with E-state index in [4.69, 9.17) is 9.47 Å². The Morgan fingerprint density at radius 2 is 1.35 bits per heavy atom. The molecule has 2 aliphatic carbocycles. The molecule has 0 unspecified atom stereocenters. The van der Waals surface area contributed by atoms with Gasteiger partial charge in [0.2, 0.25) is 0 Å². The summed E-state index contributed by atoms with van der Waals surface area (Å²) in [5.74, 6) is 0.863. The predicted molar refractivity (Wildman–Crippen MR) is 193 cm³/mol. The van der Waals surface area contributed by atoms with Crippen LogP contribution in [0, 0.1) is 37.5 Å². The second kappa shape index (κ2) is 18.5. The van der Waals surface area contributed by atoms with Crippen molar-refractivity contribution in [2.24, 2.45) is 23.7 Å². The van der Waals surface area contributed by atoms with Crippen molar-refractivity contribution >= 4 is 11.9 Å².